The van der Waals surface area contributed by atoms with E-state index in [1.807, 2.05) is 12.1 Å². The van der Waals surface area contributed by atoms with Crippen molar-refractivity contribution in [2.45, 2.75) is 37.3 Å². The maximum atomic E-state index is 11.1. The van der Waals surface area contributed by atoms with Gasteiger partial charge in [-0.1, -0.05) is 23.7 Å². The van der Waals surface area contributed by atoms with E-state index < -0.39 is 5.97 Å². The second kappa shape index (κ2) is 5.39. The van der Waals surface area contributed by atoms with Crippen molar-refractivity contribution in [3.8, 4) is 0 Å². The van der Waals surface area contributed by atoms with Crippen molar-refractivity contribution >= 4 is 17.6 Å². The molecule has 1 unspecified atom stereocenters. The average Bonchev–Trinajstić information content (AvgIpc) is 2.54. The van der Waals surface area contributed by atoms with Gasteiger partial charge in [-0.25, -0.2) is 4.79 Å². The van der Waals surface area contributed by atoms with Crippen LogP contribution in [0.4, 0.5) is 0 Å². The molecule has 1 spiro atoms. The molecule has 0 aromatic heterocycles. The molecule has 23 heavy (non-hydrogen) atoms. The van der Waals surface area contributed by atoms with Gasteiger partial charge in [0.05, 0.1) is 17.2 Å². The van der Waals surface area contributed by atoms with Gasteiger partial charge >= 0.3 is 5.97 Å². The lowest BCUT2D eigenvalue weighted by Gasteiger charge is -2.47. The molecule has 4 rings (SSSR count). The van der Waals surface area contributed by atoms with Crippen molar-refractivity contribution in [3.63, 3.8) is 0 Å². The summed E-state index contributed by atoms with van der Waals surface area (Å²) in [6.07, 6.45) is 7.18. The van der Waals surface area contributed by atoms with Crippen molar-refractivity contribution in [1.82, 2.24) is 5.32 Å². The minimum atomic E-state index is -0.905. The van der Waals surface area contributed by atoms with Gasteiger partial charge < -0.3 is 9.84 Å². The first-order valence-corrected chi connectivity index (χ1v) is 8.30. The molecule has 4 nitrogen and oxygen atoms in total. The Morgan fingerprint density at radius 2 is 2.30 bits per heavy atom. The van der Waals surface area contributed by atoms with Crippen LogP contribution in [0.1, 0.15) is 30.4 Å². The van der Waals surface area contributed by atoms with Gasteiger partial charge in [-0.3, -0.25) is 5.32 Å². The first kappa shape index (κ1) is 14.8. The summed E-state index contributed by atoms with van der Waals surface area (Å²) in [5.41, 5.74) is 2.66. The summed E-state index contributed by atoms with van der Waals surface area (Å²) in [5.74, 6) is -0.172. The number of fused-ring (bicyclic) bond motifs is 3. The molecule has 0 saturated carbocycles. The number of hydrogen-bond acceptors (Lipinski definition) is 3. The zero-order chi connectivity index (χ0) is 16.0. The summed E-state index contributed by atoms with van der Waals surface area (Å²) < 4.78 is 6.00. The van der Waals surface area contributed by atoms with Gasteiger partial charge in [-0.15, -0.1) is 0 Å². The zero-order valence-electron chi connectivity index (χ0n) is 12.6. The minimum absolute atomic E-state index is 0.0356. The Morgan fingerprint density at radius 3 is 3.13 bits per heavy atom. The molecule has 2 N–H and O–H groups in total. The fourth-order valence-electron chi connectivity index (χ4n) is 3.93. The lowest BCUT2D eigenvalue weighted by atomic mass is 9.75. The van der Waals surface area contributed by atoms with Crippen molar-refractivity contribution in [2.75, 3.05) is 6.61 Å². The van der Waals surface area contributed by atoms with Crippen LogP contribution in [0.3, 0.4) is 0 Å². The Kier molecular flexibility index (Phi) is 3.47. The van der Waals surface area contributed by atoms with E-state index in [0.29, 0.717) is 18.6 Å². The van der Waals surface area contributed by atoms with Crippen LogP contribution >= 0.6 is 11.6 Å². The van der Waals surface area contributed by atoms with Crippen LogP contribution in [0.25, 0.3) is 0 Å². The third-order valence-corrected chi connectivity index (χ3v) is 5.27. The molecule has 1 fully saturated rings. The molecular weight excluding hydrogens is 314 g/mol. The molecule has 0 amide bonds. The molecule has 1 aromatic carbocycles. The summed E-state index contributed by atoms with van der Waals surface area (Å²) in [5, 5.41) is 13.6. The monoisotopic (exact) mass is 331 g/mol. The highest BCUT2D eigenvalue weighted by Gasteiger charge is 2.43. The number of carboxylic acid groups (broad SMARTS) is 1. The van der Waals surface area contributed by atoms with E-state index in [0.717, 1.165) is 30.0 Å². The topological polar surface area (TPSA) is 58.6 Å². The molecule has 1 aliphatic heterocycles. The van der Waals surface area contributed by atoms with Gasteiger partial charge in [0.25, 0.3) is 0 Å². The Balaban J connectivity index is 1.65. The zero-order valence-corrected chi connectivity index (χ0v) is 13.4. The van der Waals surface area contributed by atoms with E-state index in [1.165, 1.54) is 11.1 Å². The molecule has 1 aromatic rings. The average molecular weight is 332 g/mol. The number of halogens is 1. The summed E-state index contributed by atoms with van der Waals surface area (Å²) in [6, 6.07) is 6.12. The van der Waals surface area contributed by atoms with Gasteiger partial charge in [0.1, 0.15) is 12.4 Å². The Labute approximate surface area is 139 Å². The number of nitrogens with one attached hydrogen (secondary N) is 1. The maximum Gasteiger partial charge on any atom is 0.335 e. The van der Waals surface area contributed by atoms with Crippen molar-refractivity contribution < 1.29 is 14.6 Å². The molecule has 1 heterocycles. The Bertz CT molecular complexity index is 740. The summed E-state index contributed by atoms with van der Waals surface area (Å²) in [7, 11) is 0. The van der Waals surface area contributed by atoms with Crippen LogP contribution in [-0.2, 0) is 21.5 Å². The van der Waals surface area contributed by atoms with E-state index in [-0.39, 0.29) is 11.6 Å². The van der Waals surface area contributed by atoms with Crippen molar-refractivity contribution in [1.29, 1.82) is 0 Å². The predicted molar refractivity (Wildman–Crippen MR) is 87.4 cm³/mol. The lowest BCUT2D eigenvalue weighted by molar-refractivity contribution is -0.132. The molecule has 1 saturated heterocycles. The maximum absolute atomic E-state index is 11.1. The highest BCUT2D eigenvalue weighted by molar-refractivity contribution is 6.30. The Hall–Kier alpha value is -1.78. The number of morpholine rings is 1. The molecular formula is C18H18ClNO3. The molecule has 3 aliphatic rings. The predicted octanol–water partition coefficient (Wildman–Crippen LogP) is 3.16. The highest BCUT2D eigenvalue weighted by atomic mass is 35.5. The number of aliphatic carboxylic acids is 1. The lowest BCUT2D eigenvalue weighted by Crippen LogP contribution is -2.57. The van der Waals surface area contributed by atoms with Gasteiger partial charge in [0, 0.05) is 5.02 Å². The first-order chi connectivity index (χ1) is 11.1. The standard InChI is InChI=1S/C18H18ClNO3/c19-13-4-5-14-11(8-13)2-1-7-18(14)10-23-16-9-12(17(21)22)3-6-15(16)20-18/h3-5,8-9,15,20H,1-2,6-7,10H2,(H,21,22)/t15?,18-/m1/s1. The molecule has 5 heteroatoms. The van der Waals surface area contributed by atoms with E-state index in [9.17, 15) is 4.79 Å². The number of ether oxygens (including phenoxy) is 1. The van der Waals surface area contributed by atoms with E-state index in [4.69, 9.17) is 21.4 Å². The molecule has 2 aliphatic carbocycles. The van der Waals surface area contributed by atoms with Crippen LogP contribution in [0.2, 0.25) is 5.02 Å². The van der Waals surface area contributed by atoms with Gasteiger partial charge in [-0.05, 0) is 55.0 Å². The number of aryl methyl sites for hydroxylation is 1. The summed E-state index contributed by atoms with van der Waals surface area (Å²) in [4.78, 5) is 11.1. The molecule has 120 valence electrons. The Morgan fingerprint density at radius 1 is 1.43 bits per heavy atom. The highest BCUT2D eigenvalue weighted by Crippen LogP contribution is 2.41. The minimum Gasteiger partial charge on any atom is -0.494 e. The van der Waals surface area contributed by atoms with Gasteiger partial charge in [0.15, 0.2) is 0 Å². The second-order valence-corrected chi connectivity index (χ2v) is 6.91. The van der Waals surface area contributed by atoms with Gasteiger partial charge in [-0.2, -0.15) is 0 Å². The number of benzene rings is 1. The molecule has 0 radical (unpaired) electrons. The number of carboxylic acids is 1. The van der Waals surface area contributed by atoms with Crippen LogP contribution in [0, 0.1) is 0 Å². The van der Waals surface area contributed by atoms with Crippen LogP contribution < -0.4 is 5.32 Å². The van der Waals surface area contributed by atoms with Crippen LogP contribution in [0.5, 0.6) is 0 Å². The van der Waals surface area contributed by atoms with E-state index in [1.54, 1.807) is 12.2 Å². The largest absolute Gasteiger partial charge is 0.494 e. The SMILES string of the molecule is O=C(O)C1=CCC2N[C@]3(CCCc4cc(Cl)ccc43)COC2=C1. The third kappa shape index (κ3) is 2.46. The van der Waals surface area contributed by atoms with Gasteiger partial charge in [0.2, 0.25) is 0 Å². The van der Waals surface area contributed by atoms with E-state index in [2.05, 4.69) is 11.4 Å². The van der Waals surface area contributed by atoms with Crippen molar-refractivity contribution in [3.05, 3.63) is 57.8 Å². The van der Waals surface area contributed by atoms with E-state index >= 15 is 0 Å². The van der Waals surface area contributed by atoms with Crippen LogP contribution in [0.15, 0.2) is 41.7 Å². The fourth-order valence-corrected chi connectivity index (χ4v) is 4.12. The number of hydrogen-bond donors (Lipinski definition) is 2. The molecule has 0 bridgehead atoms. The summed E-state index contributed by atoms with van der Waals surface area (Å²) >= 11 is 6.14. The summed E-state index contributed by atoms with van der Waals surface area (Å²) in [6.45, 7) is 0.525. The first-order valence-electron chi connectivity index (χ1n) is 7.92. The van der Waals surface area contributed by atoms with Crippen LogP contribution in [-0.4, -0.2) is 23.7 Å². The quantitative estimate of drug-likeness (QED) is 0.830. The fraction of sp³-hybridized carbons (Fsp3) is 0.389. The molecule has 2 atom stereocenters. The number of carbonyl (C=O) groups is 1. The normalized spacial score (nSPS) is 29.0. The number of rotatable bonds is 1. The third-order valence-electron chi connectivity index (χ3n) is 5.03. The van der Waals surface area contributed by atoms with Crippen molar-refractivity contribution in [2.24, 2.45) is 0 Å². The smallest absolute Gasteiger partial charge is 0.335 e. The second-order valence-electron chi connectivity index (χ2n) is 6.47.